The molecule has 0 N–H and O–H groups in total. The SMILES string of the molecule is O=C1OC[C@H](Cc2ccccc2)N1CCC1CCN(C[C@H]2COc3cc(Br)ccc3O2)CC1.S.S. The molecule has 3 heterocycles. The van der Waals surface area contributed by atoms with Gasteiger partial charge in [-0.25, -0.2) is 4.79 Å². The molecule has 3 aliphatic heterocycles. The molecule has 5 rings (SSSR count). The zero-order chi connectivity index (χ0) is 22.6. The lowest BCUT2D eigenvalue weighted by molar-refractivity contribution is 0.0465. The number of halogens is 1. The molecule has 1 amide bonds. The van der Waals surface area contributed by atoms with Crippen LogP contribution in [0.1, 0.15) is 24.8 Å². The first kappa shape index (κ1) is 28.0. The first-order valence-electron chi connectivity index (χ1n) is 11.9. The van der Waals surface area contributed by atoms with Crippen molar-refractivity contribution in [2.24, 2.45) is 5.92 Å². The number of benzene rings is 2. The largest absolute Gasteiger partial charge is 0.486 e. The van der Waals surface area contributed by atoms with Crippen LogP contribution in [-0.4, -0.2) is 67.4 Å². The van der Waals surface area contributed by atoms with Gasteiger partial charge in [-0.3, -0.25) is 4.90 Å². The van der Waals surface area contributed by atoms with Crippen LogP contribution in [-0.2, 0) is 11.2 Å². The second-order valence-electron chi connectivity index (χ2n) is 9.29. The van der Waals surface area contributed by atoms with Crippen molar-refractivity contribution >= 4 is 49.0 Å². The molecule has 35 heavy (non-hydrogen) atoms. The fraction of sp³-hybridized carbons (Fsp3) is 0.500. The molecule has 0 aromatic heterocycles. The van der Waals surface area contributed by atoms with Gasteiger partial charge in [0.25, 0.3) is 0 Å². The van der Waals surface area contributed by atoms with Crippen LogP contribution in [0.2, 0.25) is 0 Å². The smallest absolute Gasteiger partial charge is 0.410 e. The minimum absolute atomic E-state index is 0. The highest BCUT2D eigenvalue weighted by molar-refractivity contribution is 9.10. The van der Waals surface area contributed by atoms with Gasteiger partial charge in [-0.05, 0) is 68.5 Å². The summed E-state index contributed by atoms with van der Waals surface area (Å²) in [6.45, 7) is 4.89. The lowest BCUT2D eigenvalue weighted by Gasteiger charge is -2.36. The number of carbonyl (C=O) groups is 1. The minimum atomic E-state index is -0.157. The number of ether oxygens (including phenoxy) is 3. The van der Waals surface area contributed by atoms with E-state index in [1.165, 1.54) is 5.56 Å². The molecule has 192 valence electrons. The number of amides is 1. The zero-order valence-electron chi connectivity index (χ0n) is 19.8. The van der Waals surface area contributed by atoms with Crippen molar-refractivity contribution in [3.63, 3.8) is 0 Å². The van der Waals surface area contributed by atoms with Crippen LogP contribution in [0.4, 0.5) is 4.79 Å². The molecule has 3 aliphatic rings. The Bertz CT molecular complexity index is 960. The van der Waals surface area contributed by atoms with Crippen LogP contribution in [0, 0.1) is 5.92 Å². The number of cyclic esters (lactones) is 1. The van der Waals surface area contributed by atoms with Crippen molar-refractivity contribution < 1.29 is 19.0 Å². The van der Waals surface area contributed by atoms with E-state index in [1.54, 1.807) is 0 Å². The predicted octanol–water partition coefficient (Wildman–Crippen LogP) is 4.98. The molecule has 0 spiro atoms. The molecule has 2 atom stereocenters. The molecule has 0 radical (unpaired) electrons. The lowest BCUT2D eigenvalue weighted by atomic mass is 9.93. The van der Waals surface area contributed by atoms with Crippen LogP contribution in [0.25, 0.3) is 0 Å². The van der Waals surface area contributed by atoms with E-state index in [0.29, 0.717) is 19.1 Å². The summed E-state index contributed by atoms with van der Waals surface area (Å²) in [4.78, 5) is 16.7. The van der Waals surface area contributed by atoms with E-state index in [9.17, 15) is 4.79 Å². The van der Waals surface area contributed by atoms with Gasteiger partial charge >= 0.3 is 6.09 Å². The van der Waals surface area contributed by atoms with Gasteiger partial charge in [0, 0.05) is 17.6 Å². The fourth-order valence-corrected chi connectivity index (χ4v) is 5.40. The summed E-state index contributed by atoms with van der Waals surface area (Å²) >= 11 is 3.47. The maximum absolute atomic E-state index is 12.3. The van der Waals surface area contributed by atoms with Crippen LogP contribution < -0.4 is 9.47 Å². The van der Waals surface area contributed by atoms with Gasteiger partial charge in [0.2, 0.25) is 0 Å². The van der Waals surface area contributed by atoms with E-state index in [0.717, 1.165) is 67.8 Å². The molecule has 2 aromatic rings. The maximum atomic E-state index is 12.3. The standard InChI is InChI=1S/C26H31BrN2O4.2H2S/c27-21-6-7-24-25(15-21)31-18-23(33-24)16-28-11-8-19(9-12-28)10-13-29-22(17-32-26(29)30)14-20-4-2-1-3-5-20;;/h1-7,15,19,22-23H,8-14,16-18H2;2*1H2/t22-,23-;;/m0../s1. The highest BCUT2D eigenvalue weighted by atomic mass is 79.9. The van der Waals surface area contributed by atoms with E-state index in [2.05, 4.69) is 33.0 Å². The van der Waals surface area contributed by atoms with Crippen molar-refractivity contribution in [1.82, 2.24) is 9.80 Å². The van der Waals surface area contributed by atoms with Gasteiger partial charge in [0.1, 0.15) is 19.3 Å². The van der Waals surface area contributed by atoms with Crippen molar-refractivity contribution in [3.8, 4) is 11.5 Å². The Balaban J connectivity index is 0.00000171. The first-order chi connectivity index (χ1) is 16.1. The van der Waals surface area contributed by atoms with Gasteiger partial charge in [-0.2, -0.15) is 27.0 Å². The highest BCUT2D eigenvalue weighted by Gasteiger charge is 2.33. The first-order valence-corrected chi connectivity index (χ1v) is 12.7. The van der Waals surface area contributed by atoms with Crippen molar-refractivity contribution in [2.45, 2.75) is 37.8 Å². The number of likely N-dealkylation sites (tertiary alicyclic amines) is 1. The topological polar surface area (TPSA) is 51.2 Å². The van der Waals surface area contributed by atoms with Crippen LogP contribution in [0.3, 0.4) is 0 Å². The Morgan fingerprint density at radius 1 is 0.943 bits per heavy atom. The number of carbonyl (C=O) groups excluding carboxylic acids is 1. The molecule has 0 bridgehead atoms. The number of nitrogens with zero attached hydrogens (tertiary/aromatic N) is 2. The van der Waals surface area contributed by atoms with E-state index in [4.69, 9.17) is 14.2 Å². The summed E-state index contributed by atoms with van der Waals surface area (Å²) in [7, 11) is 0. The molecular formula is C26H35BrN2O4S2. The Hall–Kier alpha value is -1.55. The van der Waals surface area contributed by atoms with Gasteiger partial charge in [0.05, 0.1) is 6.04 Å². The lowest BCUT2D eigenvalue weighted by Crippen LogP contribution is -2.44. The number of hydrogen-bond donors (Lipinski definition) is 0. The highest BCUT2D eigenvalue weighted by Crippen LogP contribution is 2.34. The average Bonchev–Trinajstić information content (AvgIpc) is 3.18. The summed E-state index contributed by atoms with van der Waals surface area (Å²) in [5.41, 5.74) is 1.25. The Morgan fingerprint density at radius 3 is 2.49 bits per heavy atom. The molecule has 2 fully saturated rings. The zero-order valence-corrected chi connectivity index (χ0v) is 23.4. The number of rotatable bonds is 7. The van der Waals surface area contributed by atoms with E-state index < -0.39 is 0 Å². The summed E-state index contributed by atoms with van der Waals surface area (Å²) in [6, 6.07) is 16.4. The van der Waals surface area contributed by atoms with Gasteiger partial charge in [-0.15, -0.1) is 0 Å². The van der Waals surface area contributed by atoms with Crippen molar-refractivity contribution in [1.29, 1.82) is 0 Å². The normalized spacial score (nSPS) is 22.2. The third-order valence-corrected chi connectivity index (χ3v) is 7.45. The van der Waals surface area contributed by atoms with E-state index in [1.807, 2.05) is 41.3 Å². The molecule has 9 heteroatoms. The second-order valence-corrected chi connectivity index (χ2v) is 10.2. The fourth-order valence-electron chi connectivity index (χ4n) is 5.06. The summed E-state index contributed by atoms with van der Waals surface area (Å²) < 4.78 is 18.4. The summed E-state index contributed by atoms with van der Waals surface area (Å²) in [6.07, 6.45) is 4.12. The Labute approximate surface area is 230 Å². The van der Waals surface area contributed by atoms with Crippen LogP contribution >= 0.6 is 42.9 Å². The van der Waals surface area contributed by atoms with Crippen LogP contribution in [0.5, 0.6) is 11.5 Å². The van der Waals surface area contributed by atoms with E-state index in [-0.39, 0.29) is 45.2 Å². The molecule has 0 unspecified atom stereocenters. The summed E-state index contributed by atoms with van der Waals surface area (Å²) in [5.74, 6) is 2.28. The van der Waals surface area contributed by atoms with E-state index >= 15 is 0 Å². The molecule has 2 saturated heterocycles. The summed E-state index contributed by atoms with van der Waals surface area (Å²) in [5, 5.41) is 0. The predicted molar refractivity (Wildman–Crippen MR) is 151 cm³/mol. The quantitative estimate of drug-likeness (QED) is 0.461. The van der Waals surface area contributed by atoms with Crippen molar-refractivity contribution in [3.05, 3.63) is 58.6 Å². The van der Waals surface area contributed by atoms with Gasteiger partial charge in [0.15, 0.2) is 11.5 Å². The number of piperidine rings is 1. The monoisotopic (exact) mass is 582 g/mol. The van der Waals surface area contributed by atoms with Crippen molar-refractivity contribution in [2.75, 3.05) is 39.4 Å². The second kappa shape index (κ2) is 13.1. The van der Waals surface area contributed by atoms with Crippen LogP contribution in [0.15, 0.2) is 53.0 Å². The third-order valence-electron chi connectivity index (χ3n) is 6.96. The average molecular weight is 584 g/mol. The van der Waals surface area contributed by atoms with Gasteiger partial charge < -0.3 is 19.1 Å². The van der Waals surface area contributed by atoms with Gasteiger partial charge in [-0.1, -0.05) is 46.3 Å². The maximum Gasteiger partial charge on any atom is 0.410 e. The number of hydrogen-bond acceptors (Lipinski definition) is 5. The number of fused-ring (bicyclic) bond motifs is 1. The third kappa shape index (κ3) is 7.24. The molecule has 2 aromatic carbocycles. The minimum Gasteiger partial charge on any atom is -0.486 e. The molecule has 0 saturated carbocycles. The molecule has 0 aliphatic carbocycles. The Morgan fingerprint density at radius 2 is 1.71 bits per heavy atom. The Kier molecular flexibility index (Phi) is 10.5. The molecular weight excluding hydrogens is 548 g/mol. The molecule has 6 nitrogen and oxygen atoms in total.